The van der Waals surface area contributed by atoms with Crippen LogP contribution in [-0.2, 0) is 9.53 Å². The van der Waals surface area contributed by atoms with Crippen LogP contribution < -0.4 is 5.32 Å². The van der Waals surface area contributed by atoms with E-state index in [1.54, 1.807) is 23.4 Å². The van der Waals surface area contributed by atoms with Crippen LogP contribution in [0.3, 0.4) is 0 Å². The maximum atomic E-state index is 14.1. The molecule has 0 spiro atoms. The third kappa shape index (κ3) is 6.60. The van der Waals surface area contributed by atoms with Crippen molar-refractivity contribution in [1.29, 1.82) is 0 Å². The van der Waals surface area contributed by atoms with Gasteiger partial charge in [-0.15, -0.1) is 11.3 Å². The second-order valence-electron chi connectivity index (χ2n) is 7.79. The third-order valence-corrected chi connectivity index (χ3v) is 6.47. The Kier molecular flexibility index (Phi) is 9.28. The second kappa shape index (κ2) is 12.0. The standard InChI is InChI=1S/C22H22ClF3N4O2S.CH4O/c1-2-32-21(31)17-16(11-30-8-3-6-22(25,26)12-30)28-19(20-27-7-9-33-20)29-18(17)14-5-4-13(24)10-15(14)23;1-2/h4-5,7,9-10,18H,2-3,6,8,11-12H2,1H3,(H,28,29);2H,1H3. The van der Waals surface area contributed by atoms with Gasteiger partial charge in [0, 0.05) is 47.9 Å². The van der Waals surface area contributed by atoms with Crippen LogP contribution in [0.25, 0.3) is 0 Å². The zero-order valence-electron chi connectivity index (χ0n) is 19.2. The molecule has 4 rings (SSSR count). The van der Waals surface area contributed by atoms with Gasteiger partial charge in [0.1, 0.15) is 11.9 Å². The predicted octanol–water partition coefficient (Wildman–Crippen LogP) is 4.18. The number of esters is 1. The number of nitrogens with zero attached hydrogens (tertiary/aromatic N) is 3. The monoisotopic (exact) mass is 530 g/mol. The minimum Gasteiger partial charge on any atom is -0.463 e. The van der Waals surface area contributed by atoms with Crippen molar-refractivity contribution < 1.29 is 27.8 Å². The molecule has 2 aliphatic heterocycles. The lowest BCUT2D eigenvalue weighted by Crippen LogP contribution is -2.46. The summed E-state index contributed by atoms with van der Waals surface area (Å²) in [7, 11) is 1.00. The maximum absolute atomic E-state index is 14.1. The highest BCUT2D eigenvalue weighted by Gasteiger charge is 2.38. The maximum Gasteiger partial charge on any atom is 0.338 e. The molecular weight excluding hydrogens is 505 g/mol. The number of hydrogen-bond acceptors (Lipinski definition) is 8. The summed E-state index contributed by atoms with van der Waals surface area (Å²) < 4.78 is 47.1. The first-order valence-corrected chi connectivity index (χ1v) is 12.2. The van der Waals surface area contributed by atoms with E-state index < -0.39 is 30.3 Å². The molecule has 12 heteroatoms. The summed E-state index contributed by atoms with van der Waals surface area (Å²) in [6.45, 7) is 1.89. The van der Waals surface area contributed by atoms with Crippen molar-refractivity contribution in [1.82, 2.24) is 15.2 Å². The van der Waals surface area contributed by atoms with Crippen molar-refractivity contribution in [2.45, 2.75) is 31.7 Å². The lowest BCUT2D eigenvalue weighted by Gasteiger charge is -2.35. The Labute approximate surface area is 210 Å². The van der Waals surface area contributed by atoms with Crippen LogP contribution in [-0.4, -0.2) is 66.1 Å². The summed E-state index contributed by atoms with van der Waals surface area (Å²) in [4.78, 5) is 23.6. The topological polar surface area (TPSA) is 87.0 Å². The average Bonchev–Trinajstić information content (AvgIpc) is 3.34. The molecular formula is C23H26ClF3N4O3S. The predicted molar refractivity (Wildman–Crippen MR) is 128 cm³/mol. The highest BCUT2D eigenvalue weighted by Crippen LogP contribution is 2.37. The molecule has 2 aliphatic rings. The molecule has 190 valence electrons. The van der Waals surface area contributed by atoms with Gasteiger partial charge in [-0.2, -0.15) is 0 Å². The summed E-state index contributed by atoms with van der Waals surface area (Å²) in [5.41, 5.74) is 0.939. The normalized spacial score (nSPS) is 19.9. The summed E-state index contributed by atoms with van der Waals surface area (Å²) in [6.07, 6.45) is 1.79. The molecule has 7 nitrogen and oxygen atoms in total. The molecule has 3 heterocycles. The van der Waals surface area contributed by atoms with E-state index in [1.165, 1.54) is 23.5 Å². The van der Waals surface area contributed by atoms with Crippen molar-refractivity contribution in [2.24, 2.45) is 4.99 Å². The molecule has 2 N–H and O–H groups in total. The molecule has 1 aromatic heterocycles. The number of thiazole rings is 1. The van der Waals surface area contributed by atoms with Gasteiger partial charge >= 0.3 is 5.97 Å². The number of carbonyl (C=O) groups is 1. The number of amidine groups is 1. The summed E-state index contributed by atoms with van der Waals surface area (Å²) in [5, 5.41) is 12.5. The van der Waals surface area contributed by atoms with Crippen molar-refractivity contribution >= 4 is 34.7 Å². The Hall–Kier alpha value is -2.47. The lowest BCUT2D eigenvalue weighted by molar-refractivity contribution is -0.139. The quantitative estimate of drug-likeness (QED) is 0.545. The van der Waals surface area contributed by atoms with Crippen LogP contribution in [0.15, 0.2) is 46.0 Å². The van der Waals surface area contributed by atoms with Gasteiger partial charge in [-0.3, -0.25) is 9.89 Å². The van der Waals surface area contributed by atoms with E-state index in [1.807, 2.05) is 0 Å². The van der Waals surface area contributed by atoms with E-state index in [2.05, 4.69) is 15.3 Å². The van der Waals surface area contributed by atoms with Crippen LogP contribution in [0.2, 0.25) is 5.02 Å². The van der Waals surface area contributed by atoms with Gasteiger partial charge in [-0.05, 0) is 32.0 Å². The zero-order chi connectivity index (χ0) is 25.6. The molecule has 0 saturated carbocycles. The molecule has 0 bridgehead atoms. The van der Waals surface area contributed by atoms with Gasteiger partial charge in [0.2, 0.25) is 0 Å². The molecule has 1 fully saturated rings. The summed E-state index contributed by atoms with van der Waals surface area (Å²) in [5.74, 6) is -3.60. The minimum atomic E-state index is -2.80. The number of nitrogens with one attached hydrogen (secondary N) is 1. The molecule has 2 aromatic rings. The van der Waals surface area contributed by atoms with E-state index in [0.29, 0.717) is 35.1 Å². The fourth-order valence-corrected chi connectivity index (χ4v) is 4.83. The van der Waals surface area contributed by atoms with E-state index in [4.69, 9.17) is 21.4 Å². The lowest BCUT2D eigenvalue weighted by atomic mass is 9.94. The highest BCUT2D eigenvalue weighted by atomic mass is 35.5. The van der Waals surface area contributed by atoms with E-state index in [0.717, 1.165) is 13.2 Å². The van der Waals surface area contributed by atoms with Crippen molar-refractivity contribution in [2.75, 3.05) is 33.4 Å². The molecule has 0 aliphatic carbocycles. The number of halogens is 4. The fourth-order valence-electron chi connectivity index (χ4n) is 3.97. The number of carbonyl (C=O) groups excluding carboxylic acids is 1. The van der Waals surface area contributed by atoms with Gasteiger partial charge in [-0.25, -0.2) is 22.9 Å². The van der Waals surface area contributed by atoms with Crippen LogP contribution >= 0.6 is 22.9 Å². The van der Waals surface area contributed by atoms with Crippen molar-refractivity contribution in [3.8, 4) is 0 Å². The van der Waals surface area contributed by atoms with Crippen LogP contribution in [0.1, 0.15) is 36.4 Å². The van der Waals surface area contributed by atoms with Gasteiger partial charge in [0.05, 0.1) is 18.7 Å². The number of ether oxygens (including phenoxy) is 1. The van der Waals surface area contributed by atoms with E-state index in [9.17, 15) is 18.0 Å². The number of aromatic nitrogens is 1. The number of benzene rings is 1. The Balaban J connectivity index is 0.00000167. The summed E-state index contributed by atoms with van der Waals surface area (Å²) >= 11 is 7.66. The molecule has 1 atom stereocenters. The SMILES string of the molecule is CCOC(=O)C1=C(CN2CCCC(F)(F)C2)NC(c2nccs2)=NC1c1ccc(F)cc1Cl.CO. The number of alkyl halides is 2. The Morgan fingerprint density at radius 2 is 2.17 bits per heavy atom. The first-order chi connectivity index (χ1) is 16.8. The van der Waals surface area contributed by atoms with Gasteiger partial charge in [0.25, 0.3) is 5.92 Å². The molecule has 1 saturated heterocycles. The average molecular weight is 531 g/mol. The Morgan fingerprint density at radius 1 is 1.40 bits per heavy atom. The van der Waals surface area contributed by atoms with Crippen molar-refractivity contribution in [3.05, 3.63) is 62.5 Å². The molecule has 0 amide bonds. The molecule has 1 aromatic carbocycles. The number of likely N-dealkylation sites (tertiary alicyclic amines) is 1. The third-order valence-electron chi connectivity index (χ3n) is 5.37. The first-order valence-electron chi connectivity index (χ1n) is 10.9. The minimum absolute atomic E-state index is 0.0590. The molecule has 35 heavy (non-hydrogen) atoms. The van der Waals surface area contributed by atoms with E-state index in [-0.39, 0.29) is 30.2 Å². The second-order valence-corrected chi connectivity index (χ2v) is 9.09. The van der Waals surface area contributed by atoms with Crippen LogP contribution in [0.5, 0.6) is 0 Å². The van der Waals surface area contributed by atoms with Gasteiger partial charge in [-0.1, -0.05) is 17.7 Å². The van der Waals surface area contributed by atoms with E-state index >= 15 is 0 Å². The number of hydrogen-bond donors (Lipinski definition) is 2. The van der Waals surface area contributed by atoms with Gasteiger partial charge in [0.15, 0.2) is 10.8 Å². The van der Waals surface area contributed by atoms with Crippen LogP contribution in [0.4, 0.5) is 13.2 Å². The molecule has 0 radical (unpaired) electrons. The number of aliphatic hydroxyl groups excluding tert-OH is 1. The van der Waals surface area contributed by atoms with Crippen LogP contribution in [0, 0.1) is 5.82 Å². The fraction of sp³-hybridized carbons (Fsp3) is 0.435. The number of aliphatic hydroxyl groups is 1. The highest BCUT2D eigenvalue weighted by molar-refractivity contribution is 7.11. The Bertz CT molecular complexity index is 1100. The van der Waals surface area contributed by atoms with Gasteiger partial charge < -0.3 is 15.2 Å². The number of piperidine rings is 1. The largest absolute Gasteiger partial charge is 0.463 e. The number of aliphatic imine (C=N–C) groups is 1. The number of rotatable bonds is 6. The Morgan fingerprint density at radius 3 is 2.80 bits per heavy atom. The van der Waals surface area contributed by atoms with Crippen molar-refractivity contribution in [3.63, 3.8) is 0 Å². The zero-order valence-corrected chi connectivity index (χ0v) is 20.8. The molecule has 1 unspecified atom stereocenters. The summed E-state index contributed by atoms with van der Waals surface area (Å²) in [6, 6.07) is 2.92. The smallest absolute Gasteiger partial charge is 0.338 e. The first kappa shape index (κ1) is 27.1.